The van der Waals surface area contributed by atoms with Crippen LogP contribution in [0.5, 0.6) is 5.75 Å². The number of nitrogens with one attached hydrogen (secondary N) is 1. The van der Waals surface area contributed by atoms with Crippen LogP contribution in [0.3, 0.4) is 0 Å². The Hall–Kier alpha value is -2.58. The van der Waals surface area contributed by atoms with Crippen molar-refractivity contribution in [3.63, 3.8) is 0 Å². The van der Waals surface area contributed by atoms with Crippen LogP contribution in [0.2, 0.25) is 0 Å². The van der Waals surface area contributed by atoms with E-state index in [1.54, 1.807) is 26.0 Å². The van der Waals surface area contributed by atoms with E-state index in [-0.39, 0.29) is 5.91 Å². The van der Waals surface area contributed by atoms with Crippen LogP contribution < -0.4 is 10.1 Å². The van der Waals surface area contributed by atoms with E-state index < -0.39 is 0 Å². The molecule has 4 rings (SSSR count). The number of hydrogen-bond donors (Lipinski definition) is 1. The second-order valence-electron chi connectivity index (χ2n) is 10.1. The van der Waals surface area contributed by atoms with E-state index in [0.29, 0.717) is 31.4 Å². The first-order valence-electron chi connectivity index (χ1n) is 13.4. The maximum Gasteiger partial charge on any atom is 0.220 e. The molecule has 0 radical (unpaired) electrons. The number of thioether (sulfide) groups is 1. The van der Waals surface area contributed by atoms with Crippen LogP contribution in [-0.2, 0) is 16.0 Å². The molecule has 0 fully saturated rings. The van der Waals surface area contributed by atoms with Crippen LogP contribution in [0, 0.1) is 5.92 Å². The Labute approximate surface area is 225 Å². The highest BCUT2D eigenvalue weighted by molar-refractivity contribution is 7.99. The summed E-state index contributed by atoms with van der Waals surface area (Å²) in [6.07, 6.45) is 13.3. The van der Waals surface area contributed by atoms with E-state index >= 15 is 0 Å². The fraction of sp³-hybridized carbons (Fsp3) is 0.552. The highest BCUT2D eigenvalue weighted by Crippen LogP contribution is 2.31. The molecule has 1 aromatic carbocycles. The Balaban J connectivity index is 1.35. The zero-order valence-corrected chi connectivity index (χ0v) is 23.2. The predicted molar refractivity (Wildman–Crippen MR) is 148 cm³/mol. The highest BCUT2D eigenvalue weighted by Gasteiger charge is 2.19. The molecule has 0 aliphatic heterocycles. The normalized spacial score (nSPS) is 19.8. The lowest BCUT2D eigenvalue weighted by Crippen LogP contribution is -2.27. The molecule has 2 atom stereocenters. The van der Waals surface area contributed by atoms with Crippen molar-refractivity contribution in [2.75, 3.05) is 26.5 Å². The van der Waals surface area contributed by atoms with Gasteiger partial charge in [0.2, 0.25) is 5.91 Å². The van der Waals surface area contributed by atoms with Crippen molar-refractivity contribution in [2.24, 2.45) is 5.92 Å². The largest absolute Gasteiger partial charge is 0.497 e. The van der Waals surface area contributed by atoms with Crippen LogP contribution in [-0.4, -0.2) is 53.3 Å². The zero-order chi connectivity index (χ0) is 26.0. The first kappa shape index (κ1) is 27.5. The van der Waals surface area contributed by atoms with Gasteiger partial charge in [0.15, 0.2) is 5.16 Å². The van der Waals surface area contributed by atoms with Crippen molar-refractivity contribution < 1.29 is 14.3 Å². The van der Waals surface area contributed by atoms with Gasteiger partial charge < -0.3 is 14.8 Å². The molecule has 0 spiro atoms. The van der Waals surface area contributed by atoms with E-state index in [1.165, 1.54) is 24.0 Å². The molecule has 7 nitrogen and oxygen atoms in total. The monoisotopic (exact) mass is 524 g/mol. The number of aromatic nitrogens is 3. The molecule has 2 aliphatic carbocycles. The SMILES string of the molecule is COc1cccc(-n2c(CCCC(=O)NCC3=CCC(OC)CC3)nnc2SCC2CC=C(C)CC2)c1. The van der Waals surface area contributed by atoms with E-state index in [4.69, 9.17) is 9.47 Å². The van der Waals surface area contributed by atoms with Crippen LogP contribution in [0.4, 0.5) is 0 Å². The Bertz CT molecular complexity index is 1110. The third-order valence-electron chi connectivity index (χ3n) is 7.31. The third-order valence-corrected chi connectivity index (χ3v) is 8.47. The lowest BCUT2D eigenvalue weighted by atomic mass is 9.92. The molecular weight excluding hydrogens is 484 g/mol. The third kappa shape index (κ3) is 7.95. The van der Waals surface area contributed by atoms with Crippen molar-refractivity contribution in [1.29, 1.82) is 0 Å². The number of allylic oxidation sites excluding steroid dienone is 2. The number of carbonyl (C=O) groups excluding carboxylic acids is 1. The van der Waals surface area contributed by atoms with Crippen LogP contribution in [0.15, 0.2) is 52.7 Å². The van der Waals surface area contributed by atoms with E-state index in [1.807, 2.05) is 18.2 Å². The molecule has 0 saturated carbocycles. The fourth-order valence-corrected chi connectivity index (χ4v) is 6.00. The number of methoxy groups -OCH3 is 2. The Morgan fingerprint density at radius 2 is 2.05 bits per heavy atom. The van der Waals surface area contributed by atoms with Gasteiger partial charge in [-0.3, -0.25) is 9.36 Å². The number of carbonyl (C=O) groups is 1. The van der Waals surface area contributed by atoms with Gasteiger partial charge in [-0.05, 0) is 69.9 Å². The molecule has 2 aromatic rings. The van der Waals surface area contributed by atoms with Crippen molar-refractivity contribution >= 4 is 17.7 Å². The summed E-state index contributed by atoms with van der Waals surface area (Å²) < 4.78 is 13.0. The minimum Gasteiger partial charge on any atom is -0.497 e. The van der Waals surface area contributed by atoms with Gasteiger partial charge >= 0.3 is 0 Å². The van der Waals surface area contributed by atoms with Crippen molar-refractivity contribution in [3.05, 3.63) is 53.4 Å². The van der Waals surface area contributed by atoms with Crippen LogP contribution in [0.25, 0.3) is 5.69 Å². The van der Waals surface area contributed by atoms with Crippen LogP contribution >= 0.6 is 11.8 Å². The number of ether oxygens (including phenoxy) is 2. The summed E-state index contributed by atoms with van der Waals surface area (Å²) >= 11 is 1.77. The highest BCUT2D eigenvalue weighted by atomic mass is 32.2. The average molecular weight is 525 g/mol. The summed E-state index contributed by atoms with van der Waals surface area (Å²) in [5.74, 6) is 3.45. The summed E-state index contributed by atoms with van der Waals surface area (Å²) in [5, 5.41) is 13.1. The molecule has 1 heterocycles. The molecule has 1 aromatic heterocycles. The number of aryl methyl sites for hydroxylation is 1. The quantitative estimate of drug-likeness (QED) is 0.284. The van der Waals surface area contributed by atoms with Crippen molar-refractivity contribution in [1.82, 2.24) is 20.1 Å². The van der Waals surface area contributed by atoms with Crippen molar-refractivity contribution in [2.45, 2.75) is 76.0 Å². The maximum absolute atomic E-state index is 12.5. The standard InChI is InChI=1S/C29H40N4O3S/c1-21-10-12-23(13-11-21)20-37-29-32-31-27(33(29)24-6-4-7-26(18-24)36-3)8-5-9-28(34)30-19-22-14-16-25(35-2)17-15-22/h4,6-7,10,14,18,23,25H,5,8-9,11-13,15-17,19-20H2,1-3H3,(H,30,34). The summed E-state index contributed by atoms with van der Waals surface area (Å²) in [7, 11) is 3.44. The Morgan fingerprint density at radius 3 is 2.78 bits per heavy atom. The molecule has 1 N–H and O–H groups in total. The molecule has 37 heavy (non-hydrogen) atoms. The summed E-state index contributed by atoms with van der Waals surface area (Å²) in [5.41, 5.74) is 3.79. The Morgan fingerprint density at radius 1 is 1.16 bits per heavy atom. The zero-order valence-electron chi connectivity index (χ0n) is 22.4. The summed E-state index contributed by atoms with van der Waals surface area (Å²) in [4.78, 5) is 12.5. The lowest BCUT2D eigenvalue weighted by Gasteiger charge is -2.20. The second-order valence-corrected chi connectivity index (χ2v) is 11.0. The molecule has 2 aliphatic rings. The molecule has 200 valence electrons. The molecule has 0 bridgehead atoms. The second kappa shape index (κ2) is 13.8. The van der Waals surface area contributed by atoms with Gasteiger partial charge in [-0.2, -0.15) is 0 Å². The molecule has 2 unspecified atom stereocenters. The molecule has 0 saturated heterocycles. The number of benzene rings is 1. The number of amides is 1. The average Bonchev–Trinajstić information content (AvgIpc) is 3.34. The minimum absolute atomic E-state index is 0.0810. The summed E-state index contributed by atoms with van der Waals surface area (Å²) in [6.45, 7) is 2.85. The van der Waals surface area contributed by atoms with E-state index in [9.17, 15) is 4.79 Å². The number of rotatable bonds is 12. The van der Waals surface area contributed by atoms with Gasteiger partial charge in [-0.15, -0.1) is 10.2 Å². The first-order valence-corrected chi connectivity index (χ1v) is 14.4. The Kier molecular flexibility index (Phi) is 10.3. The summed E-state index contributed by atoms with van der Waals surface area (Å²) in [6, 6.07) is 8.01. The van der Waals surface area contributed by atoms with E-state index in [0.717, 1.165) is 60.3 Å². The lowest BCUT2D eigenvalue weighted by molar-refractivity contribution is -0.121. The van der Waals surface area contributed by atoms with E-state index in [2.05, 4.69) is 45.2 Å². The molecule has 1 amide bonds. The smallest absolute Gasteiger partial charge is 0.220 e. The van der Waals surface area contributed by atoms with Gasteiger partial charge in [0, 0.05) is 38.3 Å². The van der Waals surface area contributed by atoms with Crippen LogP contribution in [0.1, 0.15) is 64.1 Å². The van der Waals surface area contributed by atoms with Gasteiger partial charge in [0.1, 0.15) is 11.6 Å². The van der Waals surface area contributed by atoms with Gasteiger partial charge in [0.25, 0.3) is 0 Å². The minimum atomic E-state index is 0.0810. The first-order chi connectivity index (χ1) is 18.1. The molecule has 8 heteroatoms. The van der Waals surface area contributed by atoms with Gasteiger partial charge in [-0.25, -0.2) is 0 Å². The van der Waals surface area contributed by atoms with Gasteiger partial charge in [-0.1, -0.05) is 41.1 Å². The molecular formula is C29H40N4O3S. The number of hydrogen-bond acceptors (Lipinski definition) is 6. The fourth-order valence-electron chi connectivity index (χ4n) is 4.87. The van der Waals surface area contributed by atoms with Gasteiger partial charge in [0.05, 0.1) is 18.9 Å². The van der Waals surface area contributed by atoms with Crippen molar-refractivity contribution in [3.8, 4) is 11.4 Å². The topological polar surface area (TPSA) is 78.3 Å². The number of nitrogens with zero attached hydrogens (tertiary/aromatic N) is 3. The predicted octanol–water partition coefficient (Wildman–Crippen LogP) is 5.68. The maximum atomic E-state index is 12.5.